The number of hydrogen-bond donors (Lipinski definition) is 1. The first kappa shape index (κ1) is 7.94. The van der Waals surface area contributed by atoms with Gasteiger partial charge in [0.15, 0.2) is 11.5 Å². The second-order valence-electron chi connectivity index (χ2n) is 3.70. The van der Waals surface area contributed by atoms with Gasteiger partial charge in [-0.1, -0.05) is 0 Å². The van der Waals surface area contributed by atoms with E-state index in [4.69, 9.17) is 15.2 Å². The van der Waals surface area contributed by atoms with Crippen molar-refractivity contribution in [2.75, 3.05) is 24.8 Å². The molecule has 2 N–H and O–H groups in total. The summed E-state index contributed by atoms with van der Waals surface area (Å²) < 4.78 is 10.5. The summed E-state index contributed by atoms with van der Waals surface area (Å²) in [6.07, 6.45) is 0. The molecule has 2 aliphatic rings. The van der Waals surface area contributed by atoms with Crippen LogP contribution in [0.5, 0.6) is 11.5 Å². The number of hydrogen-bond acceptors (Lipinski definition) is 4. The molecule has 1 aromatic rings. The normalized spacial score (nSPS) is 19.6. The van der Waals surface area contributed by atoms with Gasteiger partial charge < -0.3 is 20.1 Å². The lowest BCUT2D eigenvalue weighted by Crippen LogP contribution is -2.55. The second-order valence-corrected chi connectivity index (χ2v) is 3.70. The topological polar surface area (TPSA) is 47.7 Å². The summed E-state index contributed by atoms with van der Waals surface area (Å²) in [4.78, 5) is 2.23. The smallest absolute Gasteiger partial charge is 0.231 e. The molecule has 0 bridgehead atoms. The minimum absolute atomic E-state index is 0.320. The van der Waals surface area contributed by atoms with Crippen LogP contribution in [0.1, 0.15) is 0 Å². The molecule has 0 aliphatic carbocycles. The third kappa shape index (κ3) is 1.11. The SMILES string of the molecule is NC1CN(c2ccc3c(c2)OCO3)C1. The summed E-state index contributed by atoms with van der Waals surface area (Å²) in [7, 11) is 0. The largest absolute Gasteiger partial charge is 0.454 e. The third-order valence-corrected chi connectivity index (χ3v) is 2.63. The number of rotatable bonds is 1. The Hall–Kier alpha value is -1.42. The maximum absolute atomic E-state index is 5.72. The summed E-state index contributed by atoms with van der Waals surface area (Å²) in [5, 5.41) is 0. The van der Waals surface area contributed by atoms with E-state index in [9.17, 15) is 0 Å². The van der Waals surface area contributed by atoms with Gasteiger partial charge in [0.05, 0.1) is 0 Å². The van der Waals surface area contributed by atoms with Gasteiger partial charge >= 0.3 is 0 Å². The predicted molar refractivity (Wildman–Crippen MR) is 52.8 cm³/mol. The molecule has 0 spiro atoms. The fourth-order valence-corrected chi connectivity index (χ4v) is 1.81. The molecule has 3 rings (SSSR count). The van der Waals surface area contributed by atoms with Crippen molar-refractivity contribution >= 4 is 5.69 Å². The molecule has 1 fully saturated rings. The Labute approximate surface area is 82.2 Å². The molecule has 74 valence electrons. The molecule has 0 radical (unpaired) electrons. The average Bonchev–Trinajstić information content (AvgIpc) is 2.59. The lowest BCUT2D eigenvalue weighted by atomic mass is 10.1. The maximum atomic E-state index is 5.72. The standard InChI is InChI=1S/C10H12N2O2/c11-7-4-12(5-7)8-1-2-9-10(3-8)14-6-13-9/h1-3,7H,4-6,11H2. The molecule has 0 saturated carbocycles. The van der Waals surface area contributed by atoms with E-state index in [1.165, 1.54) is 0 Å². The van der Waals surface area contributed by atoms with Crippen LogP contribution in [-0.2, 0) is 0 Å². The highest BCUT2D eigenvalue weighted by molar-refractivity contribution is 5.58. The van der Waals surface area contributed by atoms with E-state index in [-0.39, 0.29) is 0 Å². The Morgan fingerprint density at radius 2 is 2.00 bits per heavy atom. The zero-order valence-electron chi connectivity index (χ0n) is 7.77. The van der Waals surface area contributed by atoms with Crippen LogP contribution in [0.2, 0.25) is 0 Å². The first-order valence-electron chi connectivity index (χ1n) is 4.73. The van der Waals surface area contributed by atoms with E-state index in [1.807, 2.05) is 18.2 Å². The Morgan fingerprint density at radius 1 is 1.21 bits per heavy atom. The lowest BCUT2D eigenvalue weighted by molar-refractivity contribution is 0.174. The van der Waals surface area contributed by atoms with Crippen LogP contribution < -0.4 is 20.1 Å². The highest BCUT2D eigenvalue weighted by Gasteiger charge is 2.24. The van der Waals surface area contributed by atoms with Crippen LogP contribution in [0.15, 0.2) is 18.2 Å². The van der Waals surface area contributed by atoms with Crippen LogP contribution in [0.4, 0.5) is 5.69 Å². The molecule has 14 heavy (non-hydrogen) atoms. The van der Waals surface area contributed by atoms with Gasteiger partial charge in [-0.2, -0.15) is 0 Å². The van der Waals surface area contributed by atoms with Crippen molar-refractivity contribution in [2.24, 2.45) is 5.73 Å². The Kier molecular flexibility index (Phi) is 1.58. The highest BCUT2D eigenvalue weighted by Crippen LogP contribution is 2.36. The van der Waals surface area contributed by atoms with Crippen LogP contribution >= 0.6 is 0 Å². The lowest BCUT2D eigenvalue weighted by Gasteiger charge is -2.38. The predicted octanol–water partition coefficient (Wildman–Crippen LogP) is 0.563. The van der Waals surface area contributed by atoms with Crippen LogP contribution in [0.3, 0.4) is 0 Å². The molecule has 0 atom stereocenters. The minimum Gasteiger partial charge on any atom is -0.454 e. The highest BCUT2D eigenvalue weighted by atomic mass is 16.7. The molecule has 0 aromatic heterocycles. The maximum Gasteiger partial charge on any atom is 0.231 e. The van der Waals surface area contributed by atoms with E-state index in [0.29, 0.717) is 12.8 Å². The number of fused-ring (bicyclic) bond motifs is 1. The zero-order chi connectivity index (χ0) is 9.54. The van der Waals surface area contributed by atoms with Crippen molar-refractivity contribution in [1.82, 2.24) is 0 Å². The number of nitrogens with zero attached hydrogens (tertiary/aromatic N) is 1. The molecular formula is C10H12N2O2. The second kappa shape index (κ2) is 2.78. The number of nitrogens with two attached hydrogens (primary N) is 1. The number of ether oxygens (including phenoxy) is 2. The average molecular weight is 192 g/mol. The fraction of sp³-hybridized carbons (Fsp3) is 0.400. The van der Waals surface area contributed by atoms with Crippen molar-refractivity contribution in [1.29, 1.82) is 0 Å². The van der Waals surface area contributed by atoms with Gasteiger partial charge in [-0.25, -0.2) is 0 Å². The fourth-order valence-electron chi connectivity index (χ4n) is 1.81. The number of benzene rings is 1. The summed E-state index contributed by atoms with van der Waals surface area (Å²) >= 11 is 0. The molecule has 1 aromatic carbocycles. The van der Waals surface area contributed by atoms with Gasteiger partial charge in [0.1, 0.15) is 0 Å². The molecule has 4 heteroatoms. The molecule has 1 saturated heterocycles. The van der Waals surface area contributed by atoms with Gasteiger partial charge in [0.25, 0.3) is 0 Å². The summed E-state index contributed by atoms with van der Waals surface area (Å²) in [6.45, 7) is 2.19. The van der Waals surface area contributed by atoms with Gasteiger partial charge in [-0.15, -0.1) is 0 Å². The molecular weight excluding hydrogens is 180 g/mol. The monoisotopic (exact) mass is 192 g/mol. The van der Waals surface area contributed by atoms with Crippen molar-refractivity contribution in [3.8, 4) is 11.5 Å². The Balaban J connectivity index is 1.86. The molecule has 2 heterocycles. The van der Waals surface area contributed by atoms with Crippen molar-refractivity contribution in [3.05, 3.63) is 18.2 Å². The van der Waals surface area contributed by atoms with Crippen molar-refractivity contribution in [2.45, 2.75) is 6.04 Å². The summed E-state index contributed by atoms with van der Waals surface area (Å²) in [5.74, 6) is 1.67. The van der Waals surface area contributed by atoms with Gasteiger partial charge in [0, 0.05) is 30.9 Å². The van der Waals surface area contributed by atoms with Crippen molar-refractivity contribution in [3.63, 3.8) is 0 Å². The summed E-state index contributed by atoms with van der Waals surface area (Å²) in [6, 6.07) is 6.31. The van der Waals surface area contributed by atoms with Crippen molar-refractivity contribution < 1.29 is 9.47 Å². The molecule has 2 aliphatic heterocycles. The first-order valence-corrected chi connectivity index (χ1v) is 4.73. The zero-order valence-corrected chi connectivity index (χ0v) is 7.77. The third-order valence-electron chi connectivity index (χ3n) is 2.63. The number of anilines is 1. The quantitative estimate of drug-likeness (QED) is 0.706. The van der Waals surface area contributed by atoms with Gasteiger partial charge in [0.2, 0.25) is 6.79 Å². The van der Waals surface area contributed by atoms with E-state index >= 15 is 0 Å². The minimum atomic E-state index is 0.320. The van der Waals surface area contributed by atoms with Crippen LogP contribution in [0.25, 0.3) is 0 Å². The van der Waals surface area contributed by atoms with Crippen LogP contribution in [0, 0.1) is 0 Å². The van der Waals surface area contributed by atoms with E-state index in [1.54, 1.807) is 0 Å². The van der Waals surface area contributed by atoms with E-state index in [0.717, 1.165) is 30.3 Å². The first-order chi connectivity index (χ1) is 6.83. The molecule has 0 amide bonds. The van der Waals surface area contributed by atoms with Crippen LogP contribution in [-0.4, -0.2) is 25.9 Å². The van der Waals surface area contributed by atoms with Gasteiger partial charge in [-0.3, -0.25) is 0 Å². The Bertz CT molecular complexity index is 361. The van der Waals surface area contributed by atoms with Gasteiger partial charge in [-0.05, 0) is 12.1 Å². The van der Waals surface area contributed by atoms with E-state index in [2.05, 4.69) is 4.90 Å². The Morgan fingerprint density at radius 3 is 2.79 bits per heavy atom. The summed E-state index contributed by atoms with van der Waals surface area (Å²) in [5.41, 5.74) is 6.88. The molecule has 0 unspecified atom stereocenters. The molecule has 4 nitrogen and oxygen atoms in total. The van der Waals surface area contributed by atoms with E-state index < -0.39 is 0 Å².